The molecule has 0 unspecified atom stereocenters. The summed E-state index contributed by atoms with van der Waals surface area (Å²) in [6.07, 6.45) is 6.92. The highest BCUT2D eigenvalue weighted by Gasteiger charge is 2.11. The number of rotatable bonds is 4. The normalized spacial score (nSPS) is 10.5. The van der Waals surface area contributed by atoms with Gasteiger partial charge in [-0.15, -0.1) is 11.8 Å². The smallest absolute Gasteiger partial charge is 0.153 e. The molecular formula is C12H14N6S. The number of aromatic nitrogens is 4. The topological polar surface area (TPSA) is 79.4 Å². The molecule has 6 nitrogen and oxygen atoms in total. The van der Waals surface area contributed by atoms with Crippen molar-refractivity contribution in [2.75, 3.05) is 11.6 Å². The molecule has 2 aromatic rings. The van der Waals surface area contributed by atoms with Gasteiger partial charge in [0, 0.05) is 12.2 Å². The van der Waals surface area contributed by atoms with Gasteiger partial charge in [-0.05, 0) is 20.1 Å². The van der Waals surface area contributed by atoms with Crippen LogP contribution in [-0.4, -0.2) is 26.0 Å². The van der Waals surface area contributed by atoms with Crippen molar-refractivity contribution < 1.29 is 0 Å². The third kappa shape index (κ3) is 2.85. The molecule has 0 aromatic carbocycles. The van der Waals surface area contributed by atoms with Crippen molar-refractivity contribution in [2.45, 2.75) is 24.9 Å². The van der Waals surface area contributed by atoms with Crippen LogP contribution in [0.2, 0.25) is 0 Å². The zero-order valence-electron chi connectivity index (χ0n) is 11.0. The summed E-state index contributed by atoms with van der Waals surface area (Å²) < 4.78 is 1.84. The summed E-state index contributed by atoms with van der Waals surface area (Å²) in [6, 6.07) is 2.42. The first-order valence-corrected chi connectivity index (χ1v) is 6.98. The summed E-state index contributed by atoms with van der Waals surface area (Å²) in [5, 5.41) is 17.2. The van der Waals surface area contributed by atoms with Crippen molar-refractivity contribution in [3.8, 4) is 6.07 Å². The van der Waals surface area contributed by atoms with Crippen molar-refractivity contribution in [2.24, 2.45) is 0 Å². The molecule has 0 atom stereocenters. The second-order valence-corrected chi connectivity index (χ2v) is 4.94. The van der Waals surface area contributed by atoms with Gasteiger partial charge in [0.05, 0.1) is 11.9 Å². The summed E-state index contributed by atoms with van der Waals surface area (Å²) in [6.45, 7) is 4.10. The average Bonchev–Trinajstić information content (AvgIpc) is 2.87. The molecule has 0 fully saturated rings. The third-order valence-corrected chi connectivity index (χ3v) is 3.21. The van der Waals surface area contributed by atoms with E-state index in [2.05, 4.69) is 26.5 Å². The van der Waals surface area contributed by atoms with Gasteiger partial charge in [-0.2, -0.15) is 10.4 Å². The quantitative estimate of drug-likeness (QED) is 0.682. The maximum atomic E-state index is 9.20. The van der Waals surface area contributed by atoms with E-state index in [1.54, 1.807) is 6.20 Å². The van der Waals surface area contributed by atoms with Gasteiger partial charge < -0.3 is 5.32 Å². The molecule has 2 heterocycles. The van der Waals surface area contributed by atoms with Gasteiger partial charge in [0.15, 0.2) is 5.82 Å². The minimum Gasteiger partial charge on any atom is -0.336 e. The van der Waals surface area contributed by atoms with Gasteiger partial charge in [-0.1, -0.05) is 0 Å². The van der Waals surface area contributed by atoms with Crippen LogP contribution in [0.3, 0.4) is 0 Å². The second kappa shape index (κ2) is 5.71. The standard InChI is InChI=1S/C12H14N6S/c1-8(2)18-6-9(5-16-18)17-11-10(4-13)12(19-3)15-7-14-11/h5-8H,1-3H3,(H,14,15,17). The number of anilines is 2. The highest BCUT2D eigenvalue weighted by Crippen LogP contribution is 2.24. The van der Waals surface area contributed by atoms with Crippen LogP contribution < -0.4 is 5.32 Å². The number of hydrogen-bond donors (Lipinski definition) is 1. The van der Waals surface area contributed by atoms with Gasteiger partial charge >= 0.3 is 0 Å². The first kappa shape index (κ1) is 13.4. The van der Waals surface area contributed by atoms with E-state index in [4.69, 9.17) is 0 Å². The van der Waals surface area contributed by atoms with E-state index >= 15 is 0 Å². The third-order valence-electron chi connectivity index (χ3n) is 2.51. The molecule has 0 radical (unpaired) electrons. The molecule has 0 saturated heterocycles. The molecule has 19 heavy (non-hydrogen) atoms. The van der Waals surface area contributed by atoms with Crippen LogP contribution >= 0.6 is 11.8 Å². The Morgan fingerprint density at radius 1 is 1.42 bits per heavy atom. The molecular weight excluding hydrogens is 260 g/mol. The van der Waals surface area contributed by atoms with E-state index in [9.17, 15) is 5.26 Å². The van der Waals surface area contributed by atoms with Gasteiger partial charge in [-0.25, -0.2) is 9.97 Å². The van der Waals surface area contributed by atoms with Gasteiger partial charge in [0.2, 0.25) is 0 Å². The molecule has 0 amide bonds. The molecule has 1 N–H and O–H groups in total. The SMILES string of the molecule is CSc1ncnc(Nc2cnn(C(C)C)c2)c1C#N. The summed E-state index contributed by atoms with van der Waals surface area (Å²) >= 11 is 1.42. The van der Waals surface area contributed by atoms with E-state index in [0.717, 1.165) is 5.69 Å². The Morgan fingerprint density at radius 3 is 2.79 bits per heavy atom. The minimum atomic E-state index is 0.290. The predicted molar refractivity (Wildman–Crippen MR) is 74.4 cm³/mol. The second-order valence-electron chi connectivity index (χ2n) is 4.15. The van der Waals surface area contributed by atoms with E-state index in [-0.39, 0.29) is 6.04 Å². The summed E-state index contributed by atoms with van der Waals surface area (Å²) in [4.78, 5) is 8.18. The van der Waals surface area contributed by atoms with Crippen molar-refractivity contribution in [1.29, 1.82) is 5.26 Å². The monoisotopic (exact) mass is 274 g/mol. The Bertz CT molecular complexity index is 613. The van der Waals surface area contributed by atoms with Crippen molar-refractivity contribution >= 4 is 23.3 Å². The van der Waals surface area contributed by atoms with Crippen LogP contribution in [0, 0.1) is 11.3 Å². The number of nitrogens with zero attached hydrogens (tertiary/aromatic N) is 5. The van der Waals surface area contributed by atoms with Crippen LogP contribution in [0.5, 0.6) is 0 Å². The minimum absolute atomic E-state index is 0.290. The zero-order valence-corrected chi connectivity index (χ0v) is 11.8. The zero-order chi connectivity index (χ0) is 13.8. The Labute approximate surface area is 115 Å². The van der Waals surface area contributed by atoms with Gasteiger partial charge in [0.1, 0.15) is 23.0 Å². The lowest BCUT2D eigenvalue weighted by molar-refractivity contribution is 0.532. The number of nitrogens with one attached hydrogen (secondary N) is 1. The number of hydrogen-bond acceptors (Lipinski definition) is 6. The Morgan fingerprint density at radius 2 is 2.21 bits per heavy atom. The molecule has 0 aliphatic heterocycles. The first-order valence-electron chi connectivity index (χ1n) is 5.76. The van der Waals surface area contributed by atoms with Gasteiger partial charge in [-0.3, -0.25) is 4.68 Å². The molecule has 0 aliphatic rings. The maximum Gasteiger partial charge on any atom is 0.153 e. The Hall–Kier alpha value is -2.07. The fraction of sp³-hybridized carbons (Fsp3) is 0.333. The fourth-order valence-corrected chi connectivity index (χ4v) is 2.04. The molecule has 0 spiro atoms. The Balaban J connectivity index is 2.30. The maximum absolute atomic E-state index is 9.20. The molecule has 2 aromatic heterocycles. The van der Waals surface area contributed by atoms with E-state index in [1.165, 1.54) is 18.1 Å². The van der Waals surface area contributed by atoms with Gasteiger partial charge in [0.25, 0.3) is 0 Å². The van der Waals surface area contributed by atoms with Crippen LogP contribution in [0.1, 0.15) is 25.5 Å². The highest BCUT2D eigenvalue weighted by molar-refractivity contribution is 7.98. The predicted octanol–water partition coefficient (Wildman–Crippen LogP) is 2.59. The van der Waals surface area contributed by atoms with Crippen LogP contribution in [0.25, 0.3) is 0 Å². The van der Waals surface area contributed by atoms with E-state index < -0.39 is 0 Å². The number of nitriles is 1. The largest absolute Gasteiger partial charge is 0.336 e. The van der Waals surface area contributed by atoms with Crippen molar-refractivity contribution in [1.82, 2.24) is 19.7 Å². The van der Waals surface area contributed by atoms with Crippen LogP contribution in [0.15, 0.2) is 23.7 Å². The summed E-state index contributed by atoms with van der Waals surface area (Å²) in [7, 11) is 0. The summed E-state index contributed by atoms with van der Waals surface area (Å²) in [5.41, 5.74) is 1.25. The van der Waals surface area contributed by atoms with Crippen molar-refractivity contribution in [3.63, 3.8) is 0 Å². The Kier molecular flexibility index (Phi) is 4.02. The molecule has 7 heteroatoms. The summed E-state index contributed by atoms with van der Waals surface area (Å²) in [5.74, 6) is 0.505. The highest BCUT2D eigenvalue weighted by atomic mass is 32.2. The molecule has 2 rings (SSSR count). The molecule has 0 saturated carbocycles. The lowest BCUT2D eigenvalue weighted by Crippen LogP contribution is -2.01. The van der Waals surface area contributed by atoms with Crippen molar-refractivity contribution in [3.05, 3.63) is 24.3 Å². The molecule has 0 bridgehead atoms. The lowest BCUT2D eigenvalue weighted by Gasteiger charge is -2.07. The number of thioether (sulfide) groups is 1. The van der Waals surface area contributed by atoms with E-state index in [0.29, 0.717) is 16.4 Å². The lowest BCUT2D eigenvalue weighted by atomic mass is 10.3. The molecule has 98 valence electrons. The molecule has 0 aliphatic carbocycles. The fourth-order valence-electron chi connectivity index (χ4n) is 1.54. The van der Waals surface area contributed by atoms with Crippen LogP contribution in [-0.2, 0) is 0 Å². The van der Waals surface area contributed by atoms with E-state index in [1.807, 2.05) is 31.0 Å². The first-order chi connectivity index (χ1) is 9.15. The van der Waals surface area contributed by atoms with Crippen LogP contribution in [0.4, 0.5) is 11.5 Å². The average molecular weight is 274 g/mol.